The predicted molar refractivity (Wildman–Crippen MR) is 65.4 cm³/mol. The van der Waals surface area contributed by atoms with Gasteiger partial charge in [-0.15, -0.1) is 22.9 Å². The molecular formula is C11H18ClNS. The zero-order valence-electron chi connectivity index (χ0n) is 8.85. The molecule has 80 valence electrons. The Balaban J connectivity index is 2.27. The van der Waals surface area contributed by atoms with Gasteiger partial charge in [0.05, 0.1) is 0 Å². The molecule has 1 rings (SSSR count). The molecule has 1 heterocycles. The Bertz CT molecular complexity index is 242. The predicted octanol–water partition coefficient (Wildman–Crippen LogP) is 3.29. The van der Waals surface area contributed by atoms with E-state index in [9.17, 15) is 0 Å². The molecule has 1 nitrogen and oxygen atoms in total. The Labute approximate surface area is 95.5 Å². The lowest BCUT2D eigenvalue weighted by Gasteiger charge is -2.27. The average Bonchev–Trinajstić information content (AvgIpc) is 2.70. The van der Waals surface area contributed by atoms with Crippen molar-refractivity contribution >= 4 is 22.9 Å². The Morgan fingerprint density at radius 1 is 1.57 bits per heavy atom. The fourth-order valence-corrected chi connectivity index (χ4v) is 2.20. The van der Waals surface area contributed by atoms with Crippen LogP contribution in [0.2, 0.25) is 0 Å². The number of halogens is 1. The normalized spacial score (nSPS) is 15.4. The van der Waals surface area contributed by atoms with Gasteiger partial charge in [0, 0.05) is 22.8 Å². The highest BCUT2D eigenvalue weighted by atomic mass is 35.5. The number of alkyl halides is 1. The first kappa shape index (κ1) is 12.0. The third-order valence-corrected chi connectivity index (χ3v) is 4.10. The van der Waals surface area contributed by atoms with Crippen LogP contribution in [0.1, 0.15) is 25.1 Å². The molecule has 0 aliphatic rings. The van der Waals surface area contributed by atoms with Gasteiger partial charge in [-0.3, -0.25) is 0 Å². The van der Waals surface area contributed by atoms with Crippen molar-refractivity contribution in [2.45, 2.75) is 32.2 Å². The summed E-state index contributed by atoms with van der Waals surface area (Å²) in [5.41, 5.74) is 0.0960. The molecule has 0 aromatic carbocycles. The smallest absolute Gasteiger partial charge is 0.0403 e. The molecule has 0 amide bonds. The molecule has 1 N–H and O–H groups in total. The van der Waals surface area contributed by atoms with Crippen LogP contribution in [-0.2, 0) is 6.42 Å². The topological polar surface area (TPSA) is 12.0 Å². The largest absolute Gasteiger partial charge is 0.310 e. The van der Waals surface area contributed by atoms with E-state index in [2.05, 4.69) is 36.7 Å². The van der Waals surface area contributed by atoms with Crippen molar-refractivity contribution in [3.8, 4) is 0 Å². The summed E-state index contributed by atoms with van der Waals surface area (Å²) in [6.45, 7) is 5.35. The van der Waals surface area contributed by atoms with Gasteiger partial charge < -0.3 is 5.32 Å². The first-order valence-corrected chi connectivity index (χ1v) is 6.45. The molecule has 0 saturated heterocycles. The van der Waals surface area contributed by atoms with Gasteiger partial charge in [0.25, 0.3) is 0 Å². The maximum atomic E-state index is 5.91. The highest BCUT2D eigenvalue weighted by Gasteiger charge is 2.18. The van der Waals surface area contributed by atoms with Crippen molar-refractivity contribution in [1.29, 1.82) is 0 Å². The molecule has 0 saturated carbocycles. The fraction of sp³-hybridized carbons (Fsp3) is 0.636. The number of thiophene rings is 1. The van der Waals surface area contributed by atoms with Crippen LogP contribution in [0.5, 0.6) is 0 Å². The number of hydrogen-bond acceptors (Lipinski definition) is 2. The summed E-state index contributed by atoms with van der Waals surface area (Å²) in [5, 5.41) is 5.63. The standard InChI is InChI=1S/C11H18ClNS/c1-3-11(2,9-12)13-7-6-10-5-4-8-14-10/h4-5,8,13H,3,6-7,9H2,1-2H3. The maximum Gasteiger partial charge on any atom is 0.0403 e. The van der Waals surface area contributed by atoms with Crippen molar-refractivity contribution < 1.29 is 0 Å². The molecule has 0 bridgehead atoms. The van der Waals surface area contributed by atoms with Gasteiger partial charge >= 0.3 is 0 Å². The summed E-state index contributed by atoms with van der Waals surface area (Å²) in [6, 6.07) is 4.27. The lowest BCUT2D eigenvalue weighted by molar-refractivity contribution is 0.385. The Kier molecular flexibility index (Phi) is 4.93. The molecule has 0 spiro atoms. The molecule has 1 aromatic heterocycles. The summed E-state index contributed by atoms with van der Waals surface area (Å²) < 4.78 is 0. The van der Waals surface area contributed by atoms with Crippen LogP contribution in [0.15, 0.2) is 17.5 Å². The van der Waals surface area contributed by atoms with Crippen LogP contribution in [0.3, 0.4) is 0 Å². The van der Waals surface area contributed by atoms with Gasteiger partial charge in [-0.2, -0.15) is 0 Å². The molecule has 14 heavy (non-hydrogen) atoms. The van der Waals surface area contributed by atoms with Gasteiger partial charge in [-0.25, -0.2) is 0 Å². The van der Waals surface area contributed by atoms with E-state index in [0.717, 1.165) is 19.4 Å². The van der Waals surface area contributed by atoms with E-state index >= 15 is 0 Å². The molecule has 1 aromatic rings. The van der Waals surface area contributed by atoms with Gasteiger partial charge in [-0.1, -0.05) is 13.0 Å². The lowest BCUT2D eigenvalue weighted by Crippen LogP contribution is -2.44. The highest BCUT2D eigenvalue weighted by molar-refractivity contribution is 7.09. The van der Waals surface area contributed by atoms with Crippen LogP contribution in [-0.4, -0.2) is 18.0 Å². The van der Waals surface area contributed by atoms with Crippen LogP contribution in [0.25, 0.3) is 0 Å². The van der Waals surface area contributed by atoms with Crippen molar-refractivity contribution in [1.82, 2.24) is 5.32 Å². The van der Waals surface area contributed by atoms with E-state index in [1.807, 2.05) is 11.3 Å². The minimum absolute atomic E-state index is 0.0960. The quantitative estimate of drug-likeness (QED) is 0.741. The highest BCUT2D eigenvalue weighted by Crippen LogP contribution is 2.12. The number of nitrogens with one attached hydrogen (secondary N) is 1. The van der Waals surface area contributed by atoms with E-state index in [1.54, 1.807) is 0 Å². The third-order valence-electron chi connectivity index (χ3n) is 2.58. The van der Waals surface area contributed by atoms with Gasteiger partial charge in [0.1, 0.15) is 0 Å². The molecule has 0 fully saturated rings. The van der Waals surface area contributed by atoms with Crippen LogP contribution in [0.4, 0.5) is 0 Å². The molecule has 3 heteroatoms. The summed E-state index contributed by atoms with van der Waals surface area (Å²) >= 11 is 7.73. The second-order valence-electron chi connectivity index (χ2n) is 3.80. The van der Waals surface area contributed by atoms with Gasteiger partial charge in [0.15, 0.2) is 0 Å². The molecule has 0 aliphatic heterocycles. The molecule has 0 radical (unpaired) electrons. The zero-order chi connectivity index (χ0) is 10.4. The zero-order valence-corrected chi connectivity index (χ0v) is 10.4. The van der Waals surface area contributed by atoms with E-state index in [1.165, 1.54) is 4.88 Å². The molecule has 1 atom stereocenters. The van der Waals surface area contributed by atoms with Gasteiger partial charge in [-0.05, 0) is 31.2 Å². The first-order chi connectivity index (χ1) is 6.70. The monoisotopic (exact) mass is 231 g/mol. The van der Waals surface area contributed by atoms with E-state index in [4.69, 9.17) is 11.6 Å². The summed E-state index contributed by atoms with van der Waals surface area (Å²) in [6.07, 6.45) is 2.17. The lowest BCUT2D eigenvalue weighted by atomic mass is 10.0. The molecule has 0 aliphatic carbocycles. The van der Waals surface area contributed by atoms with Crippen molar-refractivity contribution in [2.24, 2.45) is 0 Å². The Morgan fingerprint density at radius 3 is 2.86 bits per heavy atom. The number of hydrogen-bond donors (Lipinski definition) is 1. The molecular weight excluding hydrogens is 214 g/mol. The minimum atomic E-state index is 0.0960. The maximum absolute atomic E-state index is 5.91. The van der Waals surface area contributed by atoms with Crippen molar-refractivity contribution in [3.63, 3.8) is 0 Å². The average molecular weight is 232 g/mol. The third kappa shape index (κ3) is 3.60. The SMILES string of the molecule is CCC(C)(CCl)NCCc1cccs1. The summed E-state index contributed by atoms with van der Waals surface area (Å²) in [4.78, 5) is 1.44. The summed E-state index contributed by atoms with van der Waals surface area (Å²) in [5.74, 6) is 0.675. The fourth-order valence-electron chi connectivity index (χ4n) is 1.21. The van der Waals surface area contributed by atoms with E-state index < -0.39 is 0 Å². The van der Waals surface area contributed by atoms with Crippen LogP contribution in [0, 0.1) is 0 Å². The second-order valence-corrected chi connectivity index (χ2v) is 5.10. The van der Waals surface area contributed by atoms with Crippen molar-refractivity contribution in [2.75, 3.05) is 12.4 Å². The second kappa shape index (κ2) is 5.74. The van der Waals surface area contributed by atoms with E-state index in [-0.39, 0.29) is 5.54 Å². The van der Waals surface area contributed by atoms with Crippen LogP contribution < -0.4 is 5.32 Å². The minimum Gasteiger partial charge on any atom is -0.310 e. The Morgan fingerprint density at radius 2 is 2.36 bits per heavy atom. The van der Waals surface area contributed by atoms with Crippen molar-refractivity contribution in [3.05, 3.63) is 22.4 Å². The van der Waals surface area contributed by atoms with Gasteiger partial charge in [0.2, 0.25) is 0 Å². The molecule has 1 unspecified atom stereocenters. The first-order valence-electron chi connectivity index (χ1n) is 5.03. The van der Waals surface area contributed by atoms with E-state index in [0.29, 0.717) is 5.88 Å². The summed E-state index contributed by atoms with van der Waals surface area (Å²) in [7, 11) is 0. The number of rotatable bonds is 6. The van der Waals surface area contributed by atoms with Crippen LogP contribution >= 0.6 is 22.9 Å². The Hall–Kier alpha value is -0.0500.